The molecule has 0 heterocycles. The van der Waals surface area contributed by atoms with E-state index in [0.717, 1.165) is 25.7 Å². The van der Waals surface area contributed by atoms with Crippen molar-refractivity contribution in [3.63, 3.8) is 0 Å². The second kappa shape index (κ2) is 9.19. The summed E-state index contributed by atoms with van der Waals surface area (Å²) in [5.74, 6) is 0.405. The molecular weight excluding hydrogens is 278 g/mol. The third-order valence-electron chi connectivity index (χ3n) is 3.91. The van der Waals surface area contributed by atoms with Gasteiger partial charge in [0.15, 0.2) is 0 Å². The van der Waals surface area contributed by atoms with Gasteiger partial charge in [0.05, 0.1) is 6.54 Å². The third-order valence-corrected chi connectivity index (χ3v) is 3.91. The highest BCUT2D eigenvalue weighted by atomic mass is 35.5. The normalized spacial score (nSPS) is 21.2. The van der Waals surface area contributed by atoms with Crippen molar-refractivity contribution in [2.75, 3.05) is 33.7 Å². The van der Waals surface area contributed by atoms with Crippen molar-refractivity contribution in [3.05, 3.63) is 0 Å². The summed E-state index contributed by atoms with van der Waals surface area (Å²) in [4.78, 5) is 27.6. The second-order valence-electron chi connectivity index (χ2n) is 5.58. The summed E-state index contributed by atoms with van der Waals surface area (Å²) in [6.45, 7) is 3.42. The Kier molecular flexibility index (Phi) is 8.81. The van der Waals surface area contributed by atoms with Crippen LogP contribution in [-0.2, 0) is 9.59 Å². The lowest BCUT2D eigenvalue weighted by Crippen LogP contribution is -2.44. The summed E-state index contributed by atoms with van der Waals surface area (Å²) < 4.78 is 0. The summed E-state index contributed by atoms with van der Waals surface area (Å²) >= 11 is 0. The summed E-state index contributed by atoms with van der Waals surface area (Å²) in [7, 11) is 3.43. The van der Waals surface area contributed by atoms with Crippen molar-refractivity contribution >= 4 is 24.2 Å². The van der Waals surface area contributed by atoms with E-state index in [2.05, 4.69) is 0 Å². The van der Waals surface area contributed by atoms with Crippen LogP contribution in [0.15, 0.2) is 0 Å². The Bertz CT molecular complexity index is 324. The number of nitrogens with two attached hydrogens (primary N) is 1. The highest BCUT2D eigenvalue weighted by Gasteiger charge is 2.35. The maximum absolute atomic E-state index is 12.6. The van der Waals surface area contributed by atoms with E-state index in [1.807, 2.05) is 6.92 Å². The maximum Gasteiger partial charge on any atom is 0.241 e. The number of rotatable bonds is 6. The zero-order valence-electron chi connectivity index (χ0n) is 12.8. The molecule has 20 heavy (non-hydrogen) atoms. The molecule has 0 aromatic rings. The van der Waals surface area contributed by atoms with Gasteiger partial charge in [-0.05, 0) is 31.7 Å². The topological polar surface area (TPSA) is 66.6 Å². The number of carbonyl (C=O) groups excluding carboxylic acids is 2. The Morgan fingerprint density at radius 2 is 1.90 bits per heavy atom. The van der Waals surface area contributed by atoms with E-state index in [1.54, 1.807) is 19.0 Å². The van der Waals surface area contributed by atoms with Gasteiger partial charge in [0.25, 0.3) is 0 Å². The summed E-state index contributed by atoms with van der Waals surface area (Å²) in [6, 6.07) is 0. The third kappa shape index (κ3) is 4.94. The quantitative estimate of drug-likeness (QED) is 0.799. The van der Waals surface area contributed by atoms with E-state index in [4.69, 9.17) is 5.73 Å². The highest BCUT2D eigenvalue weighted by Crippen LogP contribution is 2.32. The first kappa shape index (κ1) is 19.2. The molecule has 1 saturated carbocycles. The summed E-state index contributed by atoms with van der Waals surface area (Å²) in [5.41, 5.74) is 5.74. The van der Waals surface area contributed by atoms with Crippen molar-refractivity contribution in [1.29, 1.82) is 0 Å². The number of halogens is 1. The van der Waals surface area contributed by atoms with E-state index >= 15 is 0 Å². The Labute approximate surface area is 128 Å². The Hall–Kier alpha value is -0.810. The molecule has 2 amide bonds. The van der Waals surface area contributed by atoms with Gasteiger partial charge in [-0.3, -0.25) is 9.59 Å². The number of likely N-dealkylation sites (N-methyl/N-ethyl adjacent to an activating group) is 1. The largest absolute Gasteiger partial charge is 0.347 e. The molecule has 0 aliphatic heterocycles. The van der Waals surface area contributed by atoms with Crippen LogP contribution in [0.5, 0.6) is 0 Å². The molecule has 0 aromatic heterocycles. The van der Waals surface area contributed by atoms with Crippen molar-refractivity contribution in [3.8, 4) is 0 Å². The maximum atomic E-state index is 12.6. The van der Waals surface area contributed by atoms with Crippen molar-refractivity contribution < 1.29 is 9.59 Å². The van der Waals surface area contributed by atoms with Crippen LogP contribution in [0.25, 0.3) is 0 Å². The molecule has 1 aliphatic carbocycles. The van der Waals surface area contributed by atoms with E-state index in [0.29, 0.717) is 19.0 Å². The van der Waals surface area contributed by atoms with Crippen LogP contribution in [0.4, 0.5) is 0 Å². The van der Waals surface area contributed by atoms with Gasteiger partial charge in [-0.2, -0.15) is 0 Å². The molecule has 1 aliphatic rings. The van der Waals surface area contributed by atoms with E-state index in [9.17, 15) is 9.59 Å². The SMILES string of the molecule is CCCN(CC(=O)N(C)C)C(=O)[C@@H]1CCC[C@@H]1CN.Cl. The number of carbonyl (C=O) groups is 2. The number of nitrogens with zero attached hydrogens (tertiary/aromatic N) is 2. The average Bonchev–Trinajstić information content (AvgIpc) is 2.85. The first-order valence-electron chi connectivity index (χ1n) is 7.20. The minimum absolute atomic E-state index is 0. The molecule has 5 nitrogen and oxygen atoms in total. The van der Waals surface area contributed by atoms with Gasteiger partial charge in [0, 0.05) is 26.6 Å². The van der Waals surface area contributed by atoms with Gasteiger partial charge in [0.2, 0.25) is 11.8 Å². The van der Waals surface area contributed by atoms with Crippen molar-refractivity contribution in [2.45, 2.75) is 32.6 Å². The highest BCUT2D eigenvalue weighted by molar-refractivity contribution is 5.86. The van der Waals surface area contributed by atoms with Gasteiger partial charge in [0.1, 0.15) is 0 Å². The molecule has 2 atom stereocenters. The number of hydrogen-bond donors (Lipinski definition) is 1. The first-order chi connectivity index (χ1) is 9.01. The van der Waals surface area contributed by atoms with Gasteiger partial charge >= 0.3 is 0 Å². The predicted octanol–water partition coefficient (Wildman–Crippen LogP) is 1.11. The van der Waals surface area contributed by atoms with Crippen LogP contribution in [0.3, 0.4) is 0 Å². The van der Waals surface area contributed by atoms with Gasteiger partial charge in [-0.15, -0.1) is 12.4 Å². The molecule has 1 fully saturated rings. The van der Waals surface area contributed by atoms with E-state index < -0.39 is 0 Å². The first-order valence-corrected chi connectivity index (χ1v) is 7.20. The van der Waals surface area contributed by atoms with Crippen molar-refractivity contribution in [1.82, 2.24) is 9.80 Å². The predicted molar refractivity (Wildman–Crippen MR) is 82.7 cm³/mol. The van der Waals surface area contributed by atoms with Gasteiger partial charge in [-0.25, -0.2) is 0 Å². The fraction of sp³-hybridized carbons (Fsp3) is 0.857. The fourth-order valence-corrected chi connectivity index (χ4v) is 2.72. The average molecular weight is 306 g/mol. The molecule has 0 spiro atoms. The van der Waals surface area contributed by atoms with Gasteiger partial charge in [-0.1, -0.05) is 13.3 Å². The second-order valence-corrected chi connectivity index (χ2v) is 5.58. The minimum Gasteiger partial charge on any atom is -0.347 e. The Morgan fingerprint density at radius 1 is 1.25 bits per heavy atom. The lowest BCUT2D eigenvalue weighted by Gasteiger charge is -2.28. The molecule has 0 unspecified atom stereocenters. The molecule has 2 N–H and O–H groups in total. The van der Waals surface area contributed by atoms with Crippen LogP contribution in [0, 0.1) is 11.8 Å². The minimum atomic E-state index is -0.0240. The van der Waals surface area contributed by atoms with Crippen LogP contribution in [-0.4, -0.2) is 55.3 Å². The number of amides is 2. The standard InChI is InChI=1S/C14H27N3O2.ClH/c1-4-8-17(10-13(18)16(2)3)14(19)12-7-5-6-11(12)9-15;/h11-12H,4-10,15H2,1-3H3;1H/t11-,12-;/m1./s1. The van der Waals surface area contributed by atoms with Crippen molar-refractivity contribution in [2.24, 2.45) is 17.6 Å². The lowest BCUT2D eigenvalue weighted by molar-refractivity contribution is -0.142. The van der Waals surface area contributed by atoms with E-state index in [1.165, 1.54) is 4.90 Å². The molecular formula is C14H28ClN3O2. The molecule has 1 rings (SSSR count). The molecule has 0 aromatic carbocycles. The monoisotopic (exact) mass is 305 g/mol. The van der Waals surface area contributed by atoms with Crippen LogP contribution >= 0.6 is 12.4 Å². The molecule has 0 bridgehead atoms. The van der Waals surface area contributed by atoms with Gasteiger partial charge < -0.3 is 15.5 Å². The smallest absolute Gasteiger partial charge is 0.241 e. The fourth-order valence-electron chi connectivity index (χ4n) is 2.72. The van der Waals surface area contributed by atoms with E-state index in [-0.39, 0.29) is 36.7 Å². The molecule has 0 saturated heterocycles. The zero-order chi connectivity index (χ0) is 14.4. The zero-order valence-corrected chi connectivity index (χ0v) is 13.6. The van der Waals surface area contributed by atoms with Crippen LogP contribution < -0.4 is 5.73 Å². The molecule has 6 heteroatoms. The molecule has 118 valence electrons. The summed E-state index contributed by atoms with van der Waals surface area (Å²) in [6.07, 6.45) is 3.89. The lowest BCUT2D eigenvalue weighted by atomic mass is 9.94. The van der Waals surface area contributed by atoms with Crippen LogP contribution in [0.2, 0.25) is 0 Å². The molecule has 0 radical (unpaired) electrons. The van der Waals surface area contributed by atoms with Crippen LogP contribution in [0.1, 0.15) is 32.6 Å². The Morgan fingerprint density at radius 3 is 2.40 bits per heavy atom. The Balaban J connectivity index is 0.00000361. The number of hydrogen-bond acceptors (Lipinski definition) is 3. The summed E-state index contributed by atoms with van der Waals surface area (Å²) in [5, 5.41) is 0.